The van der Waals surface area contributed by atoms with Gasteiger partial charge in [0.15, 0.2) is 0 Å². The molecule has 0 aromatic rings. The smallest absolute Gasteiger partial charge is 0.756 e. The van der Waals surface area contributed by atoms with Crippen LogP contribution in [0, 0.1) is 17.8 Å². The van der Waals surface area contributed by atoms with E-state index < -0.39 is 31.9 Å². The Morgan fingerprint density at radius 2 is 1.90 bits per heavy atom. The third kappa shape index (κ3) is 11.2. The van der Waals surface area contributed by atoms with Gasteiger partial charge in [0.1, 0.15) is 6.10 Å². The number of esters is 1. The topological polar surface area (TPSA) is 116 Å². The van der Waals surface area contributed by atoms with Crippen molar-refractivity contribution >= 4 is 13.8 Å². The summed E-state index contributed by atoms with van der Waals surface area (Å²) in [4.78, 5) is 32.0. The van der Waals surface area contributed by atoms with Crippen molar-refractivity contribution in [2.75, 3.05) is 0 Å². The molecule has 0 fully saturated rings. The molecule has 1 unspecified atom stereocenters. The summed E-state index contributed by atoms with van der Waals surface area (Å²) >= 11 is 0. The van der Waals surface area contributed by atoms with Crippen LogP contribution in [0.2, 0.25) is 0 Å². The average Bonchev–Trinajstić information content (AvgIpc) is 2.64. The summed E-state index contributed by atoms with van der Waals surface area (Å²) < 4.78 is 21.5. The quantitative estimate of drug-likeness (QED) is 0.198. The summed E-state index contributed by atoms with van der Waals surface area (Å²) in [5.74, 6) is -1.000. The van der Waals surface area contributed by atoms with E-state index in [0.29, 0.717) is 6.42 Å². The van der Waals surface area contributed by atoms with E-state index in [4.69, 9.17) is 14.2 Å². The zero-order chi connectivity index (χ0) is 22.0. The number of rotatable bonds is 11. The Hall–Kier alpha value is -0.500. The Morgan fingerprint density at radius 1 is 1.27 bits per heavy atom. The van der Waals surface area contributed by atoms with Crippen molar-refractivity contribution in [1.82, 2.24) is 0 Å². The molecule has 1 heterocycles. The molecule has 0 aromatic carbocycles. The van der Waals surface area contributed by atoms with Crippen molar-refractivity contribution in [1.29, 1.82) is 0 Å². The zero-order valence-electron chi connectivity index (χ0n) is 18.4. The second-order valence-electron chi connectivity index (χ2n) is 7.43. The van der Waals surface area contributed by atoms with Gasteiger partial charge in [-0.15, -0.1) is 0 Å². The van der Waals surface area contributed by atoms with E-state index in [1.165, 1.54) is 12.2 Å². The van der Waals surface area contributed by atoms with Crippen molar-refractivity contribution in [3.63, 3.8) is 0 Å². The van der Waals surface area contributed by atoms with Crippen LogP contribution in [0.25, 0.3) is 0 Å². The minimum Gasteiger partial charge on any atom is -0.756 e. The Morgan fingerprint density at radius 3 is 2.50 bits per heavy atom. The number of ether oxygens (including phenoxy) is 1. The molecule has 0 aliphatic carbocycles. The largest absolute Gasteiger partial charge is 1.00 e. The number of allylic oxidation sites excluding steroid dienone is 5. The summed E-state index contributed by atoms with van der Waals surface area (Å²) in [6.07, 6.45) is 12.2. The second-order valence-corrected chi connectivity index (χ2v) is 8.58. The molecule has 0 radical (unpaired) electrons. The van der Waals surface area contributed by atoms with Crippen molar-refractivity contribution in [2.45, 2.75) is 58.8 Å². The van der Waals surface area contributed by atoms with E-state index in [1.807, 2.05) is 32.9 Å². The molecule has 1 rings (SSSR count). The maximum Gasteiger partial charge on any atom is 1.00 e. The van der Waals surface area contributed by atoms with E-state index in [9.17, 15) is 19.4 Å². The predicted octanol–water partition coefficient (Wildman–Crippen LogP) is 0.0558. The first-order chi connectivity index (χ1) is 13.5. The van der Waals surface area contributed by atoms with Crippen LogP contribution in [0.1, 0.15) is 40.5 Å². The fraction of sp³-hybridized carbons (Fsp3) is 0.571. The first-order valence-electron chi connectivity index (χ1n) is 9.80. The monoisotopic (exact) mass is 450 g/mol. The molecular weight excluding hydrogens is 418 g/mol. The molecule has 7 nitrogen and oxygen atoms in total. The Bertz CT molecular complexity index is 683. The number of carbonyl (C=O) groups excluding carboxylic acids is 1. The van der Waals surface area contributed by atoms with Crippen LogP contribution in [-0.4, -0.2) is 34.3 Å². The maximum atomic E-state index is 11.5. The third-order valence-electron chi connectivity index (χ3n) is 5.00. The number of cyclic esters (lactones) is 1. The summed E-state index contributed by atoms with van der Waals surface area (Å²) in [7, 11) is -4.98. The summed E-state index contributed by atoms with van der Waals surface area (Å²) in [6, 6.07) is 0. The molecule has 0 spiro atoms. The van der Waals surface area contributed by atoms with E-state index in [0.717, 1.165) is 0 Å². The van der Waals surface area contributed by atoms with Crippen LogP contribution >= 0.6 is 7.82 Å². The standard InChI is InChI=1S/C21H33O7P.Na/c1-5-6-7-8-9-10-18(22)17(4)19(28-29(24,25)26)13-11-15(2)21-16(3)12-14-20(23)27-21;/h5-10,12,14-19,21-22H,11,13H2,1-4H3,(H2,24,25,26);/q;+1/p-1/t15-,16-,17-,18-,19-,21-;/m0./s1. The van der Waals surface area contributed by atoms with Gasteiger partial charge in [-0.25, -0.2) is 4.79 Å². The molecule has 9 heteroatoms. The van der Waals surface area contributed by atoms with Crippen LogP contribution in [0.4, 0.5) is 0 Å². The van der Waals surface area contributed by atoms with Gasteiger partial charge in [-0.3, -0.25) is 4.57 Å². The molecule has 0 amide bonds. The van der Waals surface area contributed by atoms with Crippen LogP contribution in [-0.2, 0) is 18.6 Å². The van der Waals surface area contributed by atoms with Gasteiger partial charge in [0.25, 0.3) is 7.82 Å². The predicted molar refractivity (Wildman–Crippen MR) is 110 cm³/mol. The van der Waals surface area contributed by atoms with E-state index in [1.54, 1.807) is 31.2 Å². The number of aliphatic hydroxyl groups excluding tert-OH is 1. The number of hydrogen-bond donors (Lipinski definition) is 2. The summed E-state index contributed by atoms with van der Waals surface area (Å²) in [6.45, 7) is 7.39. The molecule has 2 N–H and O–H groups in total. The van der Waals surface area contributed by atoms with Crippen molar-refractivity contribution in [2.24, 2.45) is 17.8 Å². The van der Waals surface area contributed by atoms with Gasteiger partial charge < -0.3 is 24.2 Å². The molecule has 164 valence electrons. The number of carbonyl (C=O) groups is 1. The van der Waals surface area contributed by atoms with Crippen LogP contribution in [0.5, 0.6) is 0 Å². The summed E-state index contributed by atoms with van der Waals surface area (Å²) in [5, 5.41) is 10.4. The van der Waals surface area contributed by atoms with Crippen molar-refractivity contribution in [3.8, 4) is 0 Å². The maximum absolute atomic E-state index is 11.5. The third-order valence-corrected chi connectivity index (χ3v) is 5.54. The van der Waals surface area contributed by atoms with Crippen LogP contribution < -0.4 is 34.5 Å². The van der Waals surface area contributed by atoms with Crippen molar-refractivity contribution in [3.05, 3.63) is 48.6 Å². The van der Waals surface area contributed by atoms with E-state index in [-0.39, 0.29) is 53.9 Å². The number of phosphoric ester groups is 1. The second kappa shape index (κ2) is 14.5. The SMILES string of the molecule is CC=CC=CC=C[C@H](O)[C@H](C)[C@H](CC[C@H](C)[C@@H]1OC(=O)C=C[C@@H]1C)OP(=O)([O-])O.[Na+]. The molecule has 1 aliphatic rings. The normalized spacial score (nSPS) is 25.6. The first-order valence-corrected chi connectivity index (χ1v) is 11.3. The Balaban J connectivity index is 0.00000841. The van der Waals surface area contributed by atoms with E-state index in [2.05, 4.69) is 0 Å². The molecule has 0 saturated heterocycles. The minimum absolute atomic E-state index is 0. The fourth-order valence-electron chi connectivity index (χ4n) is 3.24. The Labute approximate surface area is 201 Å². The number of phosphoric acid groups is 1. The van der Waals surface area contributed by atoms with Gasteiger partial charge in [0.2, 0.25) is 0 Å². The van der Waals surface area contributed by atoms with Gasteiger partial charge in [-0.05, 0) is 25.7 Å². The van der Waals surface area contributed by atoms with Gasteiger partial charge in [-0.2, -0.15) is 0 Å². The van der Waals surface area contributed by atoms with Gasteiger partial charge in [0.05, 0.1) is 12.2 Å². The first kappa shape index (κ1) is 29.5. The number of hydrogen-bond acceptors (Lipinski definition) is 6. The van der Waals surface area contributed by atoms with E-state index >= 15 is 0 Å². The van der Waals surface area contributed by atoms with Gasteiger partial charge in [-0.1, -0.05) is 63.3 Å². The number of aliphatic hydroxyl groups is 1. The fourth-order valence-corrected chi connectivity index (χ4v) is 3.88. The van der Waals surface area contributed by atoms with Crippen molar-refractivity contribution < 1.29 is 63.1 Å². The molecule has 0 bridgehead atoms. The molecule has 1 aliphatic heterocycles. The zero-order valence-corrected chi connectivity index (χ0v) is 21.3. The summed E-state index contributed by atoms with van der Waals surface area (Å²) in [5.41, 5.74) is 0. The van der Waals surface area contributed by atoms with Crippen LogP contribution in [0.15, 0.2) is 48.6 Å². The molecule has 0 aromatic heterocycles. The molecule has 7 atom stereocenters. The van der Waals surface area contributed by atoms with Gasteiger partial charge in [0, 0.05) is 17.9 Å². The minimum atomic E-state index is -4.98. The average molecular weight is 450 g/mol. The Kier molecular flexibility index (Phi) is 14.3. The van der Waals surface area contributed by atoms with Crippen LogP contribution in [0.3, 0.4) is 0 Å². The molecule has 0 saturated carbocycles. The molecular formula is C21H32NaO7P. The molecule has 30 heavy (non-hydrogen) atoms. The van der Waals surface area contributed by atoms with Gasteiger partial charge >= 0.3 is 35.5 Å².